The Morgan fingerprint density at radius 1 is 1.08 bits per heavy atom. The highest BCUT2D eigenvalue weighted by molar-refractivity contribution is 7.89. The van der Waals surface area contributed by atoms with Crippen LogP contribution in [0.25, 0.3) is 0 Å². The third kappa shape index (κ3) is 4.02. The Morgan fingerprint density at radius 2 is 1.73 bits per heavy atom. The monoisotopic (exact) mass is 381 g/mol. The highest BCUT2D eigenvalue weighted by Crippen LogP contribution is 2.26. The van der Waals surface area contributed by atoms with Crippen molar-refractivity contribution in [2.45, 2.75) is 17.7 Å². The zero-order valence-corrected chi connectivity index (χ0v) is 16.2. The molecule has 0 N–H and O–H groups in total. The summed E-state index contributed by atoms with van der Waals surface area (Å²) in [4.78, 5) is 17.1. The second-order valence-electron chi connectivity index (χ2n) is 7.01. The Bertz CT molecular complexity index is 727. The number of carbonyl (C=O) groups is 1. The van der Waals surface area contributed by atoms with Gasteiger partial charge in [-0.05, 0) is 44.2 Å². The molecule has 7 nitrogen and oxygen atoms in total. The molecule has 144 valence electrons. The Labute approximate surface area is 155 Å². The highest BCUT2D eigenvalue weighted by atomic mass is 32.2. The van der Waals surface area contributed by atoms with Crippen LogP contribution in [0.1, 0.15) is 12.8 Å². The summed E-state index contributed by atoms with van der Waals surface area (Å²) in [6.07, 6.45) is 1.46. The molecule has 0 unspecified atom stereocenters. The maximum Gasteiger partial charge on any atom is 0.243 e. The molecule has 2 saturated heterocycles. The zero-order valence-electron chi connectivity index (χ0n) is 15.4. The lowest BCUT2D eigenvalue weighted by atomic mass is 9.98. The molecule has 0 aliphatic carbocycles. The van der Waals surface area contributed by atoms with Crippen LogP contribution in [0, 0.1) is 5.92 Å². The first-order chi connectivity index (χ1) is 12.4. The van der Waals surface area contributed by atoms with Gasteiger partial charge in [0, 0.05) is 39.3 Å². The van der Waals surface area contributed by atoms with E-state index in [1.54, 1.807) is 31.4 Å². The summed E-state index contributed by atoms with van der Waals surface area (Å²) in [5, 5.41) is 0. The van der Waals surface area contributed by atoms with Crippen molar-refractivity contribution in [3.05, 3.63) is 24.3 Å². The minimum absolute atomic E-state index is 0.0905. The first-order valence-corrected chi connectivity index (χ1v) is 10.5. The Balaban J connectivity index is 1.69. The summed E-state index contributed by atoms with van der Waals surface area (Å²) in [5.74, 6) is 0.457. The molecule has 1 aromatic rings. The number of rotatable bonds is 4. The van der Waals surface area contributed by atoms with Crippen LogP contribution in [0.15, 0.2) is 29.2 Å². The fraction of sp³-hybridized carbons (Fsp3) is 0.611. The van der Waals surface area contributed by atoms with E-state index in [0.717, 1.165) is 32.6 Å². The average molecular weight is 381 g/mol. The Morgan fingerprint density at radius 3 is 2.35 bits per heavy atom. The number of likely N-dealkylation sites (N-methyl/N-ethyl adjacent to an activating group) is 1. The number of ether oxygens (including phenoxy) is 1. The molecule has 3 rings (SSSR count). The van der Waals surface area contributed by atoms with Gasteiger partial charge in [-0.15, -0.1) is 0 Å². The van der Waals surface area contributed by atoms with Gasteiger partial charge in [-0.2, -0.15) is 4.31 Å². The molecule has 1 atom stereocenters. The maximum absolute atomic E-state index is 12.9. The van der Waals surface area contributed by atoms with Gasteiger partial charge in [-0.1, -0.05) is 0 Å². The molecule has 2 aliphatic rings. The predicted molar refractivity (Wildman–Crippen MR) is 98.6 cm³/mol. The zero-order chi connectivity index (χ0) is 18.7. The first-order valence-electron chi connectivity index (χ1n) is 9.03. The lowest BCUT2D eigenvalue weighted by Crippen LogP contribution is -2.52. The summed E-state index contributed by atoms with van der Waals surface area (Å²) < 4.78 is 32.4. The van der Waals surface area contributed by atoms with Gasteiger partial charge in [0.25, 0.3) is 0 Å². The molecule has 1 amide bonds. The Kier molecular flexibility index (Phi) is 5.84. The normalized spacial score (nSPS) is 23.0. The average Bonchev–Trinajstić information content (AvgIpc) is 2.68. The van der Waals surface area contributed by atoms with Crippen LogP contribution in [0.3, 0.4) is 0 Å². The fourth-order valence-corrected chi connectivity index (χ4v) is 5.07. The van der Waals surface area contributed by atoms with Gasteiger partial charge in [0.05, 0.1) is 17.9 Å². The van der Waals surface area contributed by atoms with Crippen LogP contribution in [-0.2, 0) is 14.8 Å². The van der Waals surface area contributed by atoms with E-state index in [-0.39, 0.29) is 23.3 Å². The van der Waals surface area contributed by atoms with E-state index in [9.17, 15) is 13.2 Å². The van der Waals surface area contributed by atoms with Gasteiger partial charge < -0.3 is 14.5 Å². The van der Waals surface area contributed by atoms with E-state index in [4.69, 9.17) is 4.74 Å². The minimum Gasteiger partial charge on any atom is -0.497 e. The van der Waals surface area contributed by atoms with E-state index in [1.807, 2.05) is 11.9 Å². The number of carbonyl (C=O) groups excluding carboxylic acids is 1. The third-order valence-electron chi connectivity index (χ3n) is 5.25. The molecule has 0 aromatic heterocycles. The van der Waals surface area contributed by atoms with Crippen molar-refractivity contribution in [1.29, 1.82) is 0 Å². The number of piperazine rings is 1. The number of benzene rings is 1. The van der Waals surface area contributed by atoms with Crippen molar-refractivity contribution in [2.75, 3.05) is 53.4 Å². The van der Waals surface area contributed by atoms with Gasteiger partial charge in [-0.3, -0.25) is 4.79 Å². The SMILES string of the molecule is COc1ccc(S(=O)(=O)N2CCC[C@H](C(=O)N3CCN(C)CC3)C2)cc1. The predicted octanol–water partition coefficient (Wildman–Crippen LogP) is 0.870. The number of methoxy groups -OCH3 is 1. The molecule has 1 aromatic carbocycles. The van der Waals surface area contributed by atoms with Gasteiger partial charge in [0.2, 0.25) is 15.9 Å². The number of nitrogens with zero attached hydrogens (tertiary/aromatic N) is 3. The van der Waals surface area contributed by atoms with E-state index >= 15 is 0 Å². The second kappa shape index (κ2) is 7.94. The molecule has 0 spiro atoms. The van der Waals surface area contributed by atoms with Crippen LogP contribution in [0.2, 0.25) is 0 Å². The van der Waals surface area contributed by atoms with Crippen LogP contribution in [0.5, 0.6) is 5.75 Å². The van der Waals surface area contributed by atoms with Gasteiger partial charge >= 0.3 is 0 Å². The molecule has 26 heavy (non-hydrogen) atoms. The maximum atomic E-state index is 12.9. The van der Waals surface area contributed by atoms with Crippen LogP contribution in [0.4, 0.5) is 0 Å². The van der Waals surface area contributed by atoms with Crippen LogP contribution < -0.4 is 4.74 Å². The molecule has 2 aliphatic heterocycles. The number of amides is 1. The minimum atomic E-state index is -3.59. The van der Waals surface area contributed by atoms with Crippen molar-refractivity contribution in [3.63, 3.8) is 0 Å². The summed E-state index contributed by atoms with van der Waals surface area (Å²) in [7, 11) is -0.00258. The molecule has 8 heteroatoms. The highest BCUT2D eigenvalue weighted by Gasteiger charge is 2.35. The van der Waals surface area contributed by atoms with E-state index < -0.39 is 10.0 Å². The summed E-state index contributed by atoms with van der Waals surface area (Å²) in [6.45, 7) is 3.90. The van der Waals surface area contributed by atoms with Gasteiger partial charge in [0.1, 0.15) is 5.75 Å². The lowest BCUT2D eigenvalue weighted by molar-refractivity contribution is -0.138. The van der Waals surface area contributed by atoms with Crippen molar-refractivity contribution in [3.8, 4) is 5.75 Å². The van der Waals surface area contributed by atoms with Crippen LogP contribution in [-0.4, -0.2) is 81.9 Å². The lowest BCUT2D eigenvalue weighted by Gasteiger charge is -2.37. The second-order valence-corrected chi connectivity index (χ2v) is 8.94. The fourth-order valence-electron chi connectivity index (χ4n) is 3.54. The number of hydrogen-bond donors (Lipinski definition) is 0. The topological polar surface area (TPSA) is 70.2 Å². The van der Waals surface area contributed by atoms with Crippen LogP contribution >= 0.6 is 0 Å². The third-order valence-corrected chi connectivity index (χ3v) is 7.12. The number of sulfonamides is 1. The van der Waals surface area contributed by atoms with Gasteiger partial charge in [-0.25, -0.2) is 8.42 Å². The van der Waals surface area contributed by atoms with Gasteiger partial charge in [0.15, 0.2) is 0 Å². The first kappa shape index (κ1) is 19.1. The molecule has 2 heterocycles. The molecule has 2 fully saturated rings. The molecular weight excluding hydrogens is 354 g/mol. The Hall–Kier alpha value is -1.64. The van der Waals surface area contributed by atoms with Crippen molar-refractivity contribution in [1.82, 2.24) is 14.1 Å². The summed E-state index contributed by atoms with van der Waals surface area (Å²) >= 11 is 0. The number of piperidine rings is 1. The molecule has 0 saturated carbocycles. The van der Waals surface area contributed by atoms with E-state index in [0.29, 0.717) is 18.7 Å². The molecular formula is C18H27N3O4S. The number of hydrogen-bond acceptors (Lipinski definition) is 5. The summed E-state index contributed by atoms with van der Waals surface area (Å²) in [5.41, 5.74) is 0. The molecule has 0 bridgehead atoms. The quantitative estimate of drug-likeness (QED) is 0.774. The van der Waals surface area contributed by atoms with E-state index in [2.05, 4.69) is 4.90 Å². The molecule has 0 radical (unpaired) electrons. The van der Waals surface area contributed by atoms with Crippen molar-refractivity contribution < 1.29 is 17.9 Å². The summed E-state index contributed by atoms with van der Waals surface area (Å²) in [6, 6.07) is 6.40. The van der Waals surface area contributed by atoms with E-state index in [1.165, 1.54) is 4.31 Å². The van der Waals surface area contributed by atoms with Crippen molar-refractivity contribution in [2.24, 2.45) is 5.92 Å². The van der Waals surface area contributed by atoms with Crippen molar-refractivity contribution >= 4 is 15.9 Å². The standard InChI is InChI=1S/C18H27N3O4S/c1-19-10-12-20(13-11-19)18(22)15-4-3-9-21(14-15)26(23,24)17-7-5-16(25-2)6-8-17/h5-8,15H,3-4,9-14H2,1-2H3/t15-/m0/s1. The largest absolute Gasteiger partial charge is 0.497 e. The smallest absolute Gasteiger partial charge is 0.243 e.